The molecule has 1 atom stereocenters. The molecule has 1 aliphatic rings. The molecule has 10 rings (SSSR count). The van der Waals surface area contributed by atoms with Crippen molar-refractivity contribution in [2.75, 3.05) is 4.90 Å². The quantitative estimate of drug-likeness (QED) is 0.169. The van der Waals surface area contributed by atoms with Gasteiger partial charge in [-0.25, -0.2) is 4.98 Å². The predicted molar refractivity (Wildman–Crippen MR) is 213 cm³/mol. The maximum absolute atomic E-state index is 16.2. The number of hydrogen-bond donors (Lipinski definition) is 0. The van der Waals surface area contributed by atoms with Crippen LogP contribution >= 0.6 is 7.14 Å². The molecule has 7 heteroatoms. The zero-order valence-corrected chi connectivity index (χ0v) is 28.8. The van der Waals surface area contributed by atoms with E-state index in [0.717, 1.165) is 65.9 Å². The van der Waals surface area contributed by atoms with E-state index in [0.29, 0.717) is 17.6 Å². The Hall–Kier alpha value is -6.62. The summed E-state index contributed by atoms with van der Waals surface area (Å²) in [6.45, 7) is 0. The van der Waals surface area contributed by atoms with Gasteiger partial charge in [0.25, 0.3) is 0 Å². The summed E-state index contributed by atoms with van der Waals surface area (Å²) in [5.41, 5.74) is 6.40. The predicted octanol–water partition coefficient (Wildman–Crippen LogP) is 9.73. The van der Waals surface area contributed by atoms with Crippen LogP contribution in [0.15, 0.2) is 182 Å². The molecule has 52 heavy (non-hydrogen) atoms. The highest BCUT2D eigenvalue weighted by Gasteiger charge is 2.41. The van der Waals surface area contributed by atoms with Crippen LogP contribution in [-0.4, -0.2) is 19.5 Å². The fourth-order valence-corrected chi connectivity index (χ4v) is 10.5. The van der Waals surface area contributed by atoms with Crippen LogP contribution < -0.4 is 20.8 Å². The van der Waals surface area contributed by atoms with E-state index in [2.05, 4.69) is 58.0 Å². The van der Waals surface area contributed by atoms with Gasteiger partial charge in [-0.3, -0.25) is 4.57 Å². The molecule has 0 bridgehead atoms. The minimum absolute atomic E-state index is 0.490. The molecule has 0 aliphatic carbocycles. The van der Waals surface area contributed by atoms with Gasteiger partial charge in [0.1, 0.15) is 0 Å². The lowest BCUT2D eigenvalue weighted by Gasteiger charge is -2.38. The summed E-state index contributed by atoms with van der Waals surface area (Å²) in [5.74, 6) is 1.64. The molecule has 7 aromatic carbocycles. The molecular formula is C45H30N5OP. The molecule has 6 nitrogen and oxygen atoms in total. The summed E-state index contributed by atoms with van der Waals surface area (Å²) in [6, 6.07) is 61.0. The van der Waals surface area contributed by atoms with E-state index in [-0.39, 0.29) is 0 Å². The van der Waals surface area contributed by atoms with Gasteiger partial charge < -0.3 is 9.46 Å². The molecule has 0 radical (unpaired) electrons. The Kier molecular flexibility index (Phi) is 6.98. The molecule has 0 spiro atoms. The summed E-state index contributed by atoms with van der Waals surface area (Å²) in [6.07, 6.45) is 0. The van der Waals surface area contributed by atoms with Crippen molar-refractivity contribution >= 4 is 61.9 Å². The highest BCUT2D eigenvalue weighted by atomic mass is 31.2. The maximum atomic E-state index is 16.2. The lowest BCUT2D eigenvalue weighted by Crippen LogP contribution is -2.36. The molecular weight excluding hydrogens is 658 g/mol. The standard InChI is InChI=1S/C45H30N5OP/c51-52(34-23-11-4-12-24-34)41-28-16-15-27-38(41)49(33-21-9-3-10-22-33)40-29-36-35-25-13-14-26-37(35)50(39(36)30-42(40)52)45-47-43(31-17-5-1-6-18-31)46-44(48-45)32-19-7-2-8-20-32/h1-30H. The third kappa shape index (κ3) is 4.65. The Balaban J connectivity index is 1.33. The van der Waals surface area contributed by atoms with Crippen molar-refractivity contribution in [1.82, 2.24) is 19.5 Å². The fraction of sp³-hybridized carbons (Fsp3) is 0. The third-order valence-electron chi connectivity index (χ3n) is 9.83. The fourth-order valence-electron chi connectivity index (χ4n) is 7.49. The molecule has 246 valence electrons. The first-order valence-electron chi connectivity index (χ1n) is 17.2. The maximum Gasteiger partial charge on any atom is 0.238 e. The largest absolute Gasteiger partial charge is 0.309 e. The number of rotatable bonds is 5. The van der Waals surface area contributed by atoms with Gasteiger partial charge in [-0.1, -0.05) is 140 Å². The third-order valence-corrected chi connectivity index (χ3v) is 13.0. The normalized spacial score (nSPS) is 15.0. The van der Waals surface area contributed by atoms with Crippen molar-refractivity contribution in [1.29, 1.82) is 0 Å². The van der Waals surface area contributed by atoms with Crippen molar-refractivity contribution in [2.45, 2.75) is 0 Å². The number of aromatic nitrogens is 4. The number of nitrogens with zero attached hydrogens (tertiary/aromatic N) is 5. The van der Waals surface area contributed by atoms with Crippen LogP contribution in [0.3, 0.4) is 0 Å². The van der Waals surface area contributed by atoms with Crippen LogP contribution in [0.4, 0.5) is 17.1 Å². The molecule has 0 fully saturated rings. The Morgan fingerprint density at radius 3 is 1.67 bits per heavy atom. The van der Waals surface area contributed by atoms with Crippen LogP contribution in [0.5, 0.6) is 0 Å². The molecule has 1 aliphatic heterocycles. The number of para-hydroxylation sites is 3. The molecule has 0 amide bonds. The molecule has 0 N–H and O–H groups in total. The number of anilines is 3. The van der Waals surface area contributed by atoms with E-state index in [4.69, 9.17) is 15.0 Å². The lowest BCUT2D eigenvalue weighted by molar-refractivity contribution is 0.592. The number of benzene rings is 7. The minimum atomic E-state index is -3.39. The van der Waals surface area contributed by atoms with Crippen LogP contribution in [0.2, 0.25) is 0 Å². The molecule has 2 aromatic heterocycles. The Labute approximate surface area is 300 Å². The molecule has 3 heterocycles. The van der Waals surface area contributed by atoms with Crippen molar-refractivity contribution in [3.8, 4) is 28.7 Å². The van der Waals surface area contributed by atoms with E-state index in [1.54, 1.807) is 0 Å². The van der Waals surface area contributed by atoms with Crippen molar-refractivity contribution in [3.05, 3.63) is 182 Å². The van der Waals surface area contributed by atoms with E-state index < -0.39 is 7.14 Å². The highest BCUT2D eigenvalue weighted by molar-refractivity contribution is 7.86. The Morgan fingerprint density at radius 1 is 0.442 bits per heavy atom. The Morgan fingerprint density at radius 2 is 1.00 bits per heavy atom. The second-order valence-electron chi connectivity index (χ2n) is 12.8. The first-order valence-corrected chi connectivity index (χ1v) is 18.9. The molecule has 0 saturated heterocycles. The van der Waals surface area contributed by atoms with Crippen LogP contribution in [0.1, 0.15) is 0 Å². The zero-order valence-electron chi connectivity index (χ0n) is 27.9. The van der Waals surface area contributed by atoms with Crippen molar-refractivity contribution in [3.63, 3.8) is 0 Å². The molecule has 9 aromatic rings. The van der Waals surface area contributed by atoms with Gasteiger partial charge in [-0.15, -0.1) is 0 Å². The molecule has 0 saturated carbocycles. The highest BCUT2D eigenvalue weighted by Crippen LogP contribution is 2.55. The summed E-state index contributed by atoms with van der Waals surface area (Å²) in [7, 11) is -3.39. The Bertz CT molecular complexity index is 2760. The monoisotopic (exact) mass is 687 g/mol. The number of fused-ring (bicyclic) bond motifs is 5. The average molecular weight is 688 g/mol. The van der Waals surface area contributed by atoms with Crippen molar-refractivity contribution in [2.24, 2.45) is 0 Å². The minimum Gasteiger partial charge on any atom is -0.309 e. The first kappa shape index (κ1) is 30.2. The lowest BCUT2D eigenvalue weighted by atomic mass is 10.1. The van der Waals surface area contributed by atoms with E-state index in [9.17, 15) is 0 Å². The van der Waals surface area contributed by atoms with Gasteiger partial charge in [0.15, 0.2) is 18.8 Å². The zero-order chi connectivity index (χ0) is 34.6. The van der Waals surface area contributed by atoms with Crippen LogP contribution in [0.25, 0.3) is 50.5 Å². The summed E-state index contributed by atoms with van der Waals surface area (Å²) in [5, 5.41) is 4.41. The average Bonchev–Trinajstić information content (AvgIpc) is 3.55. The van der Waals surface area contributed by atoms with E-state index in [1.807, 2.05) is 133 Å². The van der Waals surface area contributed by atoms with E-state index >= 15 is 4.57 Å². The smallest absolute Gasteiger partial charge is 0.238 e. The SMILES string of the molecule is O=P1(c2ccccc2)c2ccccc2N(c2ccccc2)c2cc3c4ccccc4n(-c4nc(-c5ccccc5)nc(-c5ccccc5)n4)c3cc21. The van der Waals surface area contributed by atoms with Gasteiger partial charge in [0, 0.05) is 43.5 Å². The van der Waals surface area contributed by atoms with Gasteiger partial charge in [0.05, 0.1) is 22.4 Å². The molecule has 1 unspecified atom stereocenters. The van der Waals surface area contributed by atoms with Gasteiger partial charge >= 0.3 is 0 Å². The topological polar surface area (TPSA) is 63.9 Å². The summed E-state index contributed by atoms with van der Waals surface area (Å²) < 4.78 is 18.3. The van der Waals surface area contributed by atoms with Gasteiger partial charge in [-0.05, 0) is 42.5 Å². The van der Waals surface area contributed by atoms with Crippen molar-refractivity contribution < 1.29 is 4.57 Å². The summed E-state index contributed by atoms with van der Waals surface area (Å²) in [4.78, 5) is 17.5. The summed E-state index contributed by atoms with van der Waals surface area (Å²) >= 11 is 0. The van der Waals surface area contributed by atoms with Gasteiger partial charge in [-0.2, -0.15) is 9.97 Å². The van der Waals surface area contributed by atoms with Crippen LogP contribution in [-0.2, 0) is 4.57 Å². The second-order valence-corrected chi connectivity index (χ2v) is 15.5. The number of hydrogen-bond acceptors (Lipinski definition) is 5. The van der Waals surface area contributed by atoms with E-state index in [1.165, 1.54) is 0 Å². The van der Waals surface area contributed by atoms with Gasteiger partial charge in [0.2, 0.25) is 5.95 Å². The van der Waals surface area contributed by atoms with Crippen LogP contribution in [0, 0.1) is 0 Å². The second kappa shape index (κ2) is 12.0. The first-order chi connectivity index (χ1) is 25.7.